The van der Waals surface area contributed by atoms with Gasteiger partial charge in [-0.2, -0.15) is 0 Å². The highest BCUT2D eigenvalue weighted by Gasteiger charge is 2.19. The van der Waals surface area contributed by atoms with E-state index in [1.54, 1.807) is 55.5 Å². The second-order valence-electron chi connectivity index (χ2n) is 6.39. The summed E-state index contributed by atoms with van der Waals surface area (Å²) in [4.78, 5) is 25.2. The van der Waals surface area contributed by atoms with Crippen LogP contribution in [0.4, 0.5) is 5.69 Å². The van der Waals surface area contributed by atoms with Gasteiger partial charge in [0.05, 0.1) is 16.3 Å². The Morgan fingerprint density at radius 1 is 0.931 bits per heavy atom. The van der Waals surface area contributed by atoms with Gasteiger partial charge in [-0.05, 0) is 36.8 Å². The molecule has 0 aliphatic heterocycles. The third-order valence-corrected chi connectivity index (χ3v) is 4.55. The van der Waals surface area contributed by atoms with Crippen LogP contribution in [0.25, 0.3) is 0 Å². The monoisotopic (exact) mass is 408 g/mol. The Kier molecular flexibility index (Phi) is 6.87. The van der Waals surface area contributed by atoms with Crippen LogP contribution in [0, 0.1) is 0 Å². The zero-order valence-corrected chi connectivity index (χ0v) is 16.6. The summed E-state index contributed by atoms with van der Waals surface area (Å²) in [6.07, 6.45) is -0.796. The molecule has 2 N–H and O–H groups in total. The van der Waals surface area contributed by atoms with Crippen molar-refractivity contribution in [3.05, 3.63) is 95.0 Å². The van der Waals surface area contributed by atoms with E-state index < -0.39 is 6.10 Å². The second kappa shape index (κ2) is 9.75. The van der Waals surface area contributed by atoms with E-state index in [1.165, 1.54) is 0 Å². The van der Waals surface area contributed by atoms with Crippen molar-refractivity contribution in [3.63, 3.8) is 0 Å². The SMILES string of the molecule is C[C@@H](Oc1ccccc1Cl)C(=O)Nc1ccccc1C(=O)NCc1ccccc1. The van der Waals surface area contributed by atoms with Crippen molar-refractivity contribution in [1.29, 1.82) is 0 Å². The van der Waals surface area contributed by atoms with E-state index in [-0.39, 0.29) is 11.8 Å². The highest BCUT2D eigenvalue weighted by Crippen LogP contribution is 2.24. The molecule has 0 aliphatic carbocycles. The molecule has 0 saturated heterocycles. The predicted molar refractivity (Wildman–Crippen MR) is 114 cm³/mol. The van der Waals surface area contributed by atoms with Gasteiger partial charge in [0.1, 0.15) is 5.75 Å². The van der Waals surface area contributed by atoms with Crippen molar-refractivity contribution in [1.82, 2.24) is 5.32 Å². The lowest BCUT2D eigenvalue weighted by Crippen LogP contribution is -2.31. The number of para-hydroxylation sites is 2. The lowest BCUT2D eigenvalue weighted by Gasteiger charge is -2.17. The van der Waals surface area contributed by atoms with Gasteiger partial charge in [-0.25, -0.2) is 0 Å². The van der Waals surface area contributed by atoms with E-state index in [0.717, 1.165) is 5.56 Å². The molecule has 1 atom stereocenters. The van der Waals surface area contributed by atoms with Crippen LogP contribution in [0.1, 0.15) is 22.8 Å². The van der Waals surface area contributed by atoms with Gasteiger partial charge in [0.2, 0.25) is 0 Å². The van der Waals surface area contributed by atoms with Crippen molar-refractivity contribution in [3.8, 4) is 5.75 Å². The third-order valence-electron chi connectivity index (χ3n) is 4.24. The number of amides is 2. The van der Waals surface area contributed by atoms with Crippen LogP contribution in [-0.2, 0) is 11.3 Å². The van der Waals surface area contributed by atoms with E-state index in [1.807, 2.05) is 30.3 Å². The molecule has 0 bridgehead atoms. The van der Waals surface area contributed by atoms with Crippen LogP contribution >= 0.6 is 11.6 Å². The maximum absolute atomic E-state index is 12.6. The zero-order chi connectivity index (χ0) is 20.6. The Hall–Kier alpha value is -3.31. The van der Waals surface area contributed by atoms with E-state index in [0.29, 0.717) is 28.6 Å². The number of carbonyl (C=O) groups is 2. The Labute approximate surface area is 174 Å². The summed E-state index contributed by atoms with van der Waals surface area (Å²) in [5.41, 5.74) is 1.78. The lowest BCUT2D eigenvalue weighted by atomic mass is 10.1. The fourth-order valence-electron chi connectivity index (χ4n) is 2.68. The van der Waals surface area contributed by atoms with Crippen LogP contribution in [0.2, 0.25) is 5.02 Å². The molecule has 0 fully saturated rings. The molecule has 5 nitrogen and oxygen atoms in total. The summed E-state index contributed by atoms with van der Waals surface area (Å²) in [5, 5.41) is 6.05. The van der Waals surface area contributed by atoms with Crippen molar-refractivity contribution in [2.24, 2.45) is 0 Å². The van der Waals surface area contributed by atoms with Gasteiger partial charge in [-0.1, -0.05) is 66.2 Å². The smallest absolute Gasteiger partial charge is 0.265 e. The maximum Gasteiger partial charge on any atom is 0.265 e. The van der Waals surface area contributed by atoms with Crippen molar-refractivity contribution < 1.29 is 14.3 Å². The Morgan fingerprint density at radius 3 is 2.34 bits per heavy atom. The lowest BCUT2D eigenvalue weighted by molar-refractivity contribution is -0.122. The van der Waals surface area contributed by atoms with Gasteiger partial charge >= 0.3 is 0 Å². The van der Waals surface area contributed by atoms with Gasteiger partial charge in [-0.15, -0.1) is 0 Å². The summed E-state index contributed by atoms with van der Waals surface area (Å²) >= 11 is 6.08. The molecule has 29 heavy (non-hydrogen) atoms. The summed E-state index contributed by atoms with van der Waals surface area (Å²) in [6, 6.07) is 23.4. The van der Waals surface area contributed by atoms with Gasteiger partial charge in [0, 0.05) is 6.54 Å². The van der Waals surface area contributed by atoms with Crippen LogP contribution in [-0.4, -0.2) is 17.9 Å². The summed E-state index contributed by atoms with van der Waals surface area (Å²) < 4.78 is 5.64. The van der Waals surface area contributed by atoms with Gasteiger partial charge < -0.3 is 15.4 Å². The van der Waals surface area contributed by atoms with E-state index >= 15 is 0 Å². The molecule has 3 rings (SSSR count). The highest BCUT2D eigenvalue weighted by atomic mass is 35.5. The molecule has 0 aliphatic rings. The molecular weight excluding hydrogens is 388 g/mol. The first-order valence-corrected chi connectivity index (χ1v) is 9.55. The quantitative estimate of drug-likeness (QED) is 0.596. The number of ether oxygens (including phenoxy) is 1. The number of carbonyl (C=O) groups excluding carboxylic acids is 2. The first-order valence-electron chi connectivity index (χ1n) is 9.18. The van der Waals surface area contributed by atoms with Crippen molar-refractivity contribution >= 4 is 29.1 Å². The fraction of sp³-hybridized carbons (Fsp3) is 0.130. The van der Waals surface area contributed by atoms with E-state index in [9.17, 15) is 9.59 Å². The molecule has 3 aromatic carbocycles. The fourth-order valence-corrected chi connectivity index (χ4v) is 2.86. The molecule has 0 spiro atoms. The summed E-state index contributed by atoms with van der Waals surface area (Å²) in [6.45, 7) is 2.02. The minimum atomic E-state index is -0.796. The Morgan fingerprint density at radius 2 is 1.59 bits per heavy atom. The van der Waals surface area contributed by atoms with Crippen LogP contribution in [0.15, 0.2) is 78.9 Å². The van der Waals surface area contributed by atoms with Gasteiger partial charge in [0.15, 0.2) is 6.10 Å². The maximum atomic E-state index is 12.6. The van der Waals surface area contributed by atoms with Gasteiger partial charge in [0.25, 0.3) is 11.8 Å². The molecule has 148 valence electrons. The summed E-state index contributed by atoms with van der Waals surface area (Å²) in [7, 11) is 0. The second-order valence-corrected chi connectivity index (χ2v) is 6.80. The molecule has 3 aromatic rings. The molecule has 2 amide bonds. The molecule has 0 radical (unpaired) electrons. The third kappa shape index (κ3) is 5.59. The minimum absolute atomic E-state index is 0.274. The molecule has 0 aromatic heterocycles. The topological polar surface area (TPSA) is 67.4 Å². The molecular formula is C23H21ClN2O3. The molecule has 0 heterocycles. The number of nitrogens with one attached hydrogen (secondary N) is 2. The normalized spacial score (nSPS) is 11.4. The number of rotatable bonds is 7. The van der Waals surface area contributed by atoms with Crippen LogP contribution in [0.3, 0.4) is 0 Å². The molecule has 6 heteroatoms. The Balaban J connectivity index is 1.65. The number of hydrogen-bond acceptors (Lipinski definition) is 3. The van der Waals surface area contributed by atoms with Crippen molar-refractivity contribution in [2.45, 2.75) is 19.6 Å². The Bertz CT molecular complexity index is 992. The van der Waals surface area contributed by atoms with Crippen molar-refractivity contribution in [2.75, 3.05) is 5.32 Å². The molecule has 0 saturated carbocycles. The van der Waals surface area contributed by atoms with E-state index in [2.05, 4.69) is 10.6 Å². The highest BCUT2D eigenvalue weighted by molar-refractivity contribution is 6.32. The van der Waals surface area contributed by atoms with E-state index in [4.69, 9.17) is 16.3 Å². The number of halogens is 1. The molecule has 0 unspecified atom stereocenters. The van der Waals surface area contributed by atoms with Gasteiger partial charge in [-0.3, -0.25) is 9.59 Å². The van der Waals surface area contributed by atoms with Crippen LogP contribution < -0.4 is 15.4 Å². The van der Waals surface area contributed by atoms with Crippen LogP contribution in [0.5, 0.6) is 5.75 Å². The average molecular weight is 409 g/mol. The number of anilines is 1. The first kappa shape index (κ1) is 20.4. The predicted octanol–water partition coefficient (Wildman–Crippen LogP) is 4.68. The first-order chi connectivity index (χ1) is 14.0. The number of benzene rings is 3. The summed E-state index contributed by atoms with van der Waals surface area (Å²) in [5.74, 6) is -0.233. The average Bonchev–Trinajstić information content (AvgIpc) is 2.74. The minimum Gasteiger partial charge on any atom is -0.479 e. The standard InChI is InChI=1S/C23H21ClN2O3/c1-16(29-21-14-8-6-12-19(21)24)22(27)26-20-13-7-5-11-18(20)23(28)25-15-17-9-3-2-4-10-17/h2-14,16H,15H2,1H3,(H,25,28)(H,26,27)/t16-/m1/s1. The largest absolute Gasteiger partial charge is 0.479 e. The zero-order valence-electron chi connectivity index (χ0n) is 15.9. The number of hydrogen-bond donors (Lipinski definition) is 2.